The highest BCUT2D eigenvalue weighted by Gasteiger charge is 2.63. The molecule has 28 heavy (non-hydrogen) atoms. The van der Waals surface area contributed by atoms with Crippen LogP contribution in [0.25, 0.3) is 0 Å². The largest absolute Gasteiger partial charge is 0.458 e. The molecule has 0 aliphatic rings. The summed E-state index contributed by atoms with van der Waals surface area (Å²) in [4.78, 5) is 21.8. The first kappa shape index (κ1) is 21.0. The van der Waals surface area contributed by atoms with E-state index in [4.69, 9.17) is 4.74 Å². The van der Waals surface area contributed by atoms with E-state index in [0.29, 0.717) is 13.2 Å². The second-order valence-corrected chi connectivity index (χ2v) is 5.28. The highest BCUT2D eigenvalue weighted by Crippen LogP contribution is 2.36. The van der Waals surface area contributed by atoms with Gasteiger partial charge in [-0.1, -0.05) is 0 Å². The van der Waals surface area contributed by atoms with E-state index in [2.05, 4.69) is 4.74 Å². The third kappa shape index (κ3) is 4.52. The maximum Gasteiger partial charge on any atom is 0.458 e. The fraction of sp³-hybridized carbons (Fsp3) is 0.188. The Hall–Kier alpha value is -3.28. The minimum atomic E-state index is -5.69. The van der Waals surface area contributed by atoms with Crippen LogP contribution < -0.4 is 10.1 Å². The van der Waals surface area contributed by atoms with Gasteiger partial charge in [-0.25, -0.2) is 4.39 Å². The number of rotatable bonds is 6. The predicted octanol–water partition coefficient (Wildman–Crippen LogP) is 4.34. The van der Waals surface area contributed by atoms with E-state index in [1.807, 2.05) is 0 Å². The lowest BCUT2D eigenvalue weighted by atomic mass is 10.2. The van der Waals surface area contributed by atoms with E-state index in [-0.39, 0.29) is 11.5 Å². The zero-order valence-electron chi connectivity index (χ0n) is 13.9. The van der Waals surface area contributed by atoms with Crippen molar-refractivity contribution in [1.82, 2.24) is 0 Å². The highest BCUT2D eigenvalue weighted by atomic mass is 19.4. The second-order valence-electron chi connectivity index (χ2n) is 5.28. The molecule has 2 aromatic rings. The Morgan fingerprint density at radius 3 is 2.18 bits per heavy atom. The van der Waals surface area contributed by atoms with Crippen molar-refractivity contribution in [2.75, 3.05) is 12.4 Å². The van der Waals surface area contributed by atoms with Gasteiger partial charge in [0.25, 0.3) is 11.6 Å². The van der Waals surface area contributed by atoms with Gasteiger partial charge in [-0.05, 0) is 24.3 Å². The summed E-state index contributed by atoms with van der Waals surface area (Å²) in [6, 6.07) is 6.97. The molecule has 0 unspecified atom stereocenters. The zero-order valence-corrected chi connectivity index (χ0v) is 13.9. The van der Waals surface area contributed by atoms with Crippen molar-refractivity contribution in [3.63, 3.8) is 0 Å². The van der Waals surface area contributed by atoms with Gasteiger partial charge < -0.3 is 14.8 Å². The quantitative estimate of drug-likeness (QED) is 0.438. The molecule has 12 heteroatoms. The molecule has 0 spiro atoms. The number of hydrogen-bond acceptors (Lipinski definition) is 5. The van der Waals surface area contributed by atoms with E-state index in [1.165, 1.54) is 12.1 Å². The SMILES string of the molecule is CO[C@](F)(C(=O)Nc1cc(Oc2ccc(F)cc2)cc([N+](=O)[O-])c1)C(F)(F)F. The minimum Gasteiger partial charge on any atom is -0.457 e. The lowest BCUT2D eigenvalue weighted by Gasteiger charge is -2.24. The topological polar surface area (TPSA) is 90.7 Å². The third-order valence-corrected chi connectivity index (χ3v) is 3.35. The van der Waals surface area contributed by atoms with E-state index >= 15 is 0 Å². The van der Waals surface area contributed by atoms with Crippen LogP contribution in [-0.4, -0.2) is 30.0 Å². The smallest absolute Gasteiger partial charge is 0.457 e. The Bertz CT molecular complexity index is 888. The van der Waals surface area contributed by atoms with E-state index in [0.717, 1.165) is 24.3 Å². The molecule has 1 amide bonds. The third-order valence-electron chi connectivity index (χ3n) is 3.35. The summed E-state index contributed by atoms with van der Waals surface area (Å²) < 4.78 is 73.9. The number of anilines is 1. The highest BCUT2D eigenvalue weighted by molar-refractivity contribution is 5.97. The number of non-ortho nitro benzene ring substituents is 1. The molecule has 150 valence electrons. The van der Waals surface area contributed by atoms with Crippen molar-refractivity contribution >= 4 is 17.3 Å². The minimum absolute atomic E-state index is 0.0474. The van der Waals surface area contributed by atoms with Crippen molar-refractivity contribution < 1.29 is 41.1 Å². The predicted molar refractivity (Wildman–Crippen MR) is 85.1 cm³/mol. The molecular weight excluding hydrogens is 395 g/mol. The van der Waals surface area contributed by atoms with Gasteiger partial charge in [0, 0.05) is 19.2 Å². The molecule has 7 nitrogen and oxygen atoms in total. The van der Waals surface area contributed by atoms with Gasteiger partial charge in [0.05, 0.1) is 16.7 Å². The van der Waals surface area contributed by atoms with E-state index in [9.17, 15) is 36.9 Å². The number of carbonyl (C=O) groups is 1. The van der Waals surface area contributed by atoms with Gasteiger partial charge in [-0.2, -0.15) is 17.6 Å². The lowest BCUT2D eigenvalue weighted by Crippen LogP contribution is -2.52. The molecule has 0 saturated carbocycles. The summed E-state index contributed by atoms with van der Waals surface area (Å²) in [5.74, 6) is -7.72. The van der Waals surface area contributed by atoms with Crippen molar-refractivity contribution in [2.45, 2.75) is 12.0 Å². The van der Waals surface area contributed by atoms with Crippen LogP contribution in [0.15, 0.2) is 42.5 Å². The Morgan fingerprint density at radius 2 is 1.68 bits per heavy atom. The number of nitrogens with one attached hydrogen (secondary N) is 1. The molecule has 0 aliphatic heterocycles. The summed E-state index contributed by atoms with van der Waals surface area (Å²) in [6.07, 6.45) is -5.69. The molecule has 0 aliphatic carbocycles. The van der Waals surface area contributed by atoms with Crippen LogP contribution in [0.5, 0.6) is 11.5 Å². The first-order valence-electron chi connectivity index (χ1n) is 7.31. The summed E-state index contributed by atoms with van der Waals surface area (Å²) in [5.41, 5.74) is -1.22. The molecule has 0 bridgehead atoms. The van der Waals surface area contributed by atoms with Crippen LogP contribution in [0.4, 0.5) is 33.3 Å². The summed E-state index contributed by atoms with van der Waals surface area (Å²) in [6.45, 7) is 0. The normalized spacial score (nSPS) is 13.5. The first-order chi connectivity index (χ1) is 13.0. The molecule has 1 N–H and O–H groups in total. The van der Waals surface area contributed by atoms with Gasteiger partial charge in [0.15, 0.2) is 0 Å². The summed E-state index contributed by atoms with van der Waals surface area (Å²) in [7, 11) is 0.337. The van der Waals surface area contributed by atoms with Crippen LogP contribution >= 0.6 is 0 Å². The standard InChI is InChI=1S/C16H11F5N2O5/c1-27-15(18,16(19,20)21)14(24)22-10-6-11(23(25)26)8-13(7-10)28-12-4-2-9(17)3-5-12/h2-8H,1H3,(H,22,24)/t15-/m1/s1. The van der Waals surface area contributed by atoms with Crippen LogP contribution in [0.3, 0.4) is 0 Å². The van der Waals surface area contributed by atoms with Crippen LogP contribution in [0.1, 0.15) is 0 Å². The Kier molecular flexibility index (Phi) is 5.83. The van der Waals surface area contributed by atoms with E-state index < -0.39 is 40.1 Å². The number of alkyl halides is 4. The molecule has 0 fully saturated rings. The maximum absolute atomic E-state index is 13.9. The van der Waals surface area contributed by atoms with Gasteiger partial charge in [-0.3, -0.25) is 14.9 Å². The number of nitro benzene ring substituents is 1. The number of amides is 1. The maximum atomic E-state index is 13.9. The number of nitro groups is 1. The van der Waals surface area contributed by atoms with Crippen molar-refractivity contribution in [1.29, 1.82) is 0 Å². The monoisotopic (exact) mass is 406 g/mol. The second kappa shape index (κ2) is 7.76. The average molecular weight is 406 g/mol. The van der Waals surface area contributed by atoms with Crippen LogP contribution in [0, 0.1) is 15.9 Å². The van der Waals surface area contributed by atoms with Crippen molar-refractivity contribution in [2.24, 2.45) is 0 Å². The number of halogens is 5. The Morgan fingerprint density at radius 1 is 1.07 bits per heavy atom. The molecular formula is C16H11F5N2O5. The zero-order chi connectivity index (χ0) is 21.1. The van der Waals surface area contributed by atoms with E-state index in [1.54, 1.807) is 5.32 Å². The fourth-order valence-electron chi connectivity index (χ4n) is 2.01. The van der Waals surface area contributed by atoms with Gasteiger partial charge in [0.2, 0.25) is 0 Å². The van der Waals surface area contributed by atoms with Gasteiger partial charge in [-0.15, -0.1) is 0 Å². The number of methoxy groups -OCH3 is 1. The number of benzene rings is 2. The van der Waals surface area contributed by atoms with Crippen LogP contribution in [0.2, 0.25) is 0 Å². The Labute approximate surface area is 153 Å². The van der Waals surface area contributed by atoms with Crippen LogP contribution in [-0.2, 0) is 9.53 Å². The summed E-state index contributed by atoms with van der Waals surface area (Å²) in [5, 5.41) is 12.6. The lowest BCUT2D eigenvalue weighted by molar-refractivity contribution is -0.384. The number of nitrogens with zero attached hydrogens (tertiary/aromatic N) is 1. The molecule has 2 rings (SSSR count). The fourth-order valence-corrected chi connectivity index (χ4v) is 2.01. The number of carbonyl (C=O) groups excluding carboxylic acids is 1. The Balaban J connectivity index is 2.36. The van der Waals surface area contributed by atoms with Crippen molar-refractivity contribution in [3.05, 3.63) is 58.4 Å². The number of hydrogen-bond donors (Lipinski definition) is 1. The van der Waals surface area contributed by atoms with Crippen molar-refractivity contribution in [3.8, 4) is 11.5 Å². The molecule has 0 heterocycles. The van der Waals surface area contributed by atoms with Gasteiger partial charge >= 0.3 is 12.0 Å². The molecule has 1 atom stereocenters. The molecule has 0 saturated heterocycles. The number of ether oxygens (including phenoxy) is 2. The molecule has 2 aromatic carbocycles. The molecule has 0 radical (unpaired) electrons. The molecule has 0 aromatic heterocycles. The average Bonchev–Trinajstić information content (AvgIpc) is 2.61. The summed E-state index contributed by atoms with van der Waals surface area (Å²) >= 11 is 0. The van der Waals surface area contributed by atoms with Gasteiger partial charge in [0.1, 0.15) is 17.3 Å². The first-order valence-corrected chi connectivity index (χ1v) is 7.31.